The Labute approximate surface area is 103 Å². The predicted octanol–water partition coefficient (Wildman–Crippen LogP) is 3.71. The Balaban J connectivity index is 2.31. The summed E-state index contributed by atoms with van der Waals surface area (Å²) in [6, 6.07) is 7.14. The van der Waals surface area contributed by atoms with Gasteiger partial charge in [-0.1, -0.05) is 29.3 Å². The average Bonchev–Trinajstić information content (AvgIpc) is 2.25. The van der Waals surface area contributed by atoms with Crippen LogP contribution in [-0.4, -0.2) is 4.98 Å². The van der Waals surface area contributed by atoms with E-state index < -0.39 is 0 Å². The van der Waals surface area contributed by atoms with Crippen molar-refractivity contribution in [3.05, 3.63) is 46.7 Å². The van der Waals surface area contributed by atoms with Gasteiger partial charge in [0, 0.05) is 6.20 Å². The van der Waals surface area contributed by atoms with Crippen LogP contribution < -0.4 is 11.1 Å². The van der Waals surface area contributed by atoms with Crippen molar-refractivity contribution in [1.82, 2.24) is 4.98 Å². The molecule has 0 saturated heterocycles. The van der Waals surface area contributed by atoms with Crippen LogP contribution in [0.2, 0.25) is 10.0 Å². The van der Waals surface area contributed by atoms with Gasteiger partial charge in [0.2, 0.25) is 0 Å². The van der Waals surface area contributed by atoms with Gasteiger partial charge in [0.15, 0.2) is 0 Å². The minimum Gasteiger partial charge on any atom is -0.397 e. The Morgan fingerprint density at radius 3 is 2.75 bits per heavy atom. The number of halogens is 2. The number of nitrogens with two attached hydrogens (primary N) is 1. The van der Waals surface area contributed by atoms with E-state index in [0.29, 0.717) is 15.7 Å². The highest BCUT2D eigenvalue weighted by atomic mass is 35.5. The minimum absolute atomic E-state index is 0.478. The van der Waals surface area contributed by atoms with E-state index in [1.54, 1.807) is 24.5 Å². The third-order valence-electron chi connectivity index (χ3n) is 1.99. The molecule has 0 atom stereocenters. The number of rotatable bonds is 2. The summed E-state index contributed by atoms with van der Waals surface area (Å²) in [5.74, 6) is 0. The number of hydrogen-bond acceptors (Lipinski definition) is 3. The summed E-state index contributed by atoms with van der Waals surface area (Å²) in [6.45, 7) is 0. The molecular formula is C11H9Cl2N3. The fraction of sp³-hybridized carbons (Fsp3) is 0. The van der Waals surface area contributed by atoms with Crippen molar-refractivity contribution in [3.8, 4) is 0 Å². The molecule has 82 valence electrons. The van der Waals surface area contributed by atoms with E-state index in [4.69, 9.17) is 28.9 Å². The molecule has 0 aliphatic heterocycles. The molecule has 0 spiro atoms. The standard InChI is InChI=1S/C11H9Cl2N3/c12-9-2-1-3-10(11(9)13)16-8-4-7(14)5-15-6-8/h1-6,16H,14H2. The summed E-state index contributed by atoms with van der Waals surface area (Å²) >= 11 is 11.9. The Morgan fingerprint density at radius 2 is 2.00 bits per heavy atom. The number of anilines is 3. The molecule has 5 heteroatoms. The van der Waals surface area contributed by atoms with Gasteiger partial charge in [0.25, 0.3) is 0 Å². The molecular weight excluding hydrogens is 245 g/mol. The van der Waals surface area contributed by atoms with Gasteiger partial charge >= 0.3 is 0 Å². The van der Waals surface area contributed by atoms with Crippen LogP contribution in [-0.2, 0) is 0 Å². The smallest absolute Gasteiger partial charge is 0.0827 e. The first-order chi connectivity index (χ1) is 7.66. The maximum atomic E-state index is 6.04. The minimum atomic E-state index is 0.478. The van der Waals surface area contributed by atoms with Crippen molar-refractivity contribution >= 4 is 40.3 Å². The largest absolute Gasteiger partial charge is 0.397 e. The maximum absolute atomic E-state index is 6.04. The molecule has 0 radical (unpaired) electrons. The Hall–Kier alpha value is -1.45. The van der Waals surface area contributed by atoms with Crippen molar-refractivity contribution in [2.45, 2.75) is 0 Å². The number of nitrogen functional groups attached to an aromatic ring is 1. The summed E-state index contributed by atoms with van der Waals surface area (Å²) < 4.78 is 0. The molecule has 3 nitrogen and oxygen atoms in total. The Kier molecular flexibility index (Phi) is 3.17. The first kappa shape index (κ1) is 11.0. The van der Waals surface area contributed by atoms with Crippen LogP contribution in [0.25, 0.3) is 0 Å². The molecule has 0 aliphatic rings. The zero-order valence-electron chi connectivity index (χ0n) is 8.24. The second kappa shape index (κ2) is 4.60. The summed E-state index contributed by atoms with van der Waals surface area (Å²) in [6.07, 6.45) is 3.23. The van der Waals surface area contributed by atoms with Gasteiger partial charge < -0.3 is 11.1 Å². The third kappa shape index (κ3) is 2.38. The zero-order valence-corrected chi connectivity index (χ0v) is 9.76. The monoisotopic (exact) mass is 253 g/mol. The molecule has 1 aromatic carbocycles. The van der Waals surface area contributed by atoms with Crippen LogP contribution in [0.1, 0.15) is 0 Å². The number of aromatic nitrogens is 1. The Morgan fingerprint density at radius 1 is 1.19 bits per heavy atom. The van der Waals surface area contributed by atoms with Crippen molar-refractivity contribution in [3.63, 3.8) is 0 Å². The quantitative estimate of drug-likeness (QED) is 0.858. The van der Waals surface area contributed by atoms with E-state index in [-0.39, 0.29) is 0 Å². The molecule has 0 fully saturated rings. The molecule has 2 rings (SSSR count). The number of benzene rings is 1. The summed E-state index contributed by atoms with van der Waals surface area (Å²) in [5, 5.41) is 4.08. The van der Waals surface area contributed by atoms with Gasteiger partial charge in [0.05, 0.1) is 33.3 Å². The molecule has 1 aromatic heterocycles. The molecule has 0 amide bonds. The van der Waals surface area contributed by atoms with E-state index in [0.717, 1.165) is 11.4 Å². The Bertz CT molecular complexity index is 514. The molecule has 0 unspecified atom stereocenters. The first-order valence-corrected chi connectivity index (χ1v) is 5.34. The lowest BCUT2D eigenvalue weighted by atomic mass is 10.3. The molecule has 1 heterocycles. The lowest BCUT2D eigenvalue weighted by Gasteiger charge is -2.09. The second-order valence-corrected chi connectivity index (χ2v) is 4.02. The van der Waals surface area contributed by atoms with Crippen LogP contribution in [0, 0.1) is 0 Å². The van der Waals surface area contributed by atoms with Crippen LogP contribution in [0.5, 0.6) is 0 Å². The molecule has 0 saturated carbocycles. The number of hydrogen-bond donors (Lipinski definition) is 2. The van der Waals surface area contributed by atoms with Crippen molar-refractivity contribution in [2.75, 3.05) is 11.1 Å². The highest BCUT2D eigenvalue weighted by Gasteiger charge is 2.04. The molecule has 3 N–H and O–H groups in total. The molecule has 0 aliphatic carbocycles. The molecule has 0 bridgehead atoms. The van der Waals surface area contributed by atoms with Gasteiger partial charge in [-0.05, 0) is 18.2 Å². The average molecular weight is 254 g/mol. The zero-order chi connectivity index (χ0) is 11.5. The highest BCUT2D eigenvalue weighted by molar-refractivity contribution is 6.43. The number of nitrogens with one attached hydrogen (secondary N) is 1. The number of nitrogens with zero attached hydrogens (tertiary/aromatic N) is 1. The van der Waals surface area contributed by atoms with E-state index in [1.807, 2.05) is 12.1 Å². The van der Waals surface area contributed by atoms with Crippen LogP contribution in [0.3, 0.4) is 0 Å². The molecule has 16 heavy (non-hydrogen) atoms. The number of pyridine rings is 1. The predicted molar refractivity (Wildman–Crippen MR) is 68.4 cm³/mol. The van der Waals surface area contributed by atoms with E-state index in [1.165, 1.54) is 0 Å². The first-order valence-electron chi connectivity index (χ1n) is 4.58. The fourth-order valence-electron chi connectivity index (χ4n) is 1.28. The maximum Gasteiger partial charge on any atom is 0.0827 e. The third-order valence-corrected chi connectivity index (χ3v) is 2.81. The van der Waals surface area contributed by atoms with Crippen LogP contribution in [0.4, 0.5) is 17.1 Å². The van der Waals surface area contributed by atoms with Gasteiger partial charge in [-0.3, -0.25) is 4.98 Å². The van der Waals surface area contributed by atoms with Gasteiger partial charge in [0.1, 0.15) is 0 Å². The van der Waals surface area contributed by atoms with Gasteiger partial charge in [-0.15, -0.1) is 0 Å². The normalized spacial score (nSPS) is 10.1. The van der Waals surface area contributed by atoms with E-state index in [2.05, 4.69) is 10.3 Å². The van der Waals surface area contributed by atoms with Crippen molar-refractivity contribution < 1.29 is 0 Å². The lowest BCUT2D eigenvalue weighted by Crippen LogP contribution is -1.94. The fourth-order valence-corrected chi connectivity index (χ4v) is 1.63. The van der Waals surface area contributed by atoms with Crippen molar-refractivity contribution in [1.29, 1.82) is 0 Å². The van der Waals surface area contributed by atoms with Crippen LogP contribution in [0.15, 0.2) is 36.7 Å². The van der Waals surface area contributed by atoms with E-state index in [9.17, 15) is 0 Å². The lowest BCUT2D eigenvalue weighted by molar-refractivity contribution is 1.32. The summed E-state index contributed by atoms with van der Waals surface area (Å²) in [4.78, 5) is 3.97. The summed E-state index contributed by atoms with van der Waals surface area (Å²) in [7, 11) is 0. The van der Waals surface area contributed by atoms with Gasteiger partial charge in [-0.2, -0.15) is 0 Å². The topological polar surface area (TPSA) is 50.9 Å². The van der Waals surface area contributed by atoms with Crippen molar-refractivity contribution in [2.24, 2.45) is 0 Å². The van der Waals surface area contributed by atoms with Gasteiger partial charge in [-0.25, -0.2) is 0 Å². The van der Waals surface area contributed by atoms with E-state index >= 15 is 0 Å². The van der Waals surface area contributed by atoms with Crippen LogP contribution >= 0.6 is 23.2 Å². The second-order valence-electron chi connectivity index (χ2n) is 3.23. The molecule has 2 aromatic rings. The SMILES string of the molecule is Nc1cncc(Nc2cccc(Cl)c2Cl)c1. The summed E-state index contributed by atoms with van der Waals surface area (Å²) in [5.41, 5.74) is 7.70. The highest BCUT2D eigenvalue weighted by Crippen LogP contribution is 2.31.